The Labute approximate surface area is 113 Å². The first-order chi connectivity index (χ1) is 8.03. The zero-order valence-corrected chi connectivity index (χ0v) is 12.6. The van der Waals surface area contributed by atoms with Crippen LogP contribution in [0.2, 0.25) is 0 Å². The first-order valence-electron chi connectivity index (χ1n) is 6.96. The van der Waals surface area contributed by atoms with Crippen LogP contribution in [0.15, 0.2) is 0 Å². The van der Waals surface area contributed by atoms with Crippen LogP contribution in [0.4, 0.5) is 0 Å². The molecule has 0 aromatic rings. The van der Waals surface area contributed by atoms with E-state index in [1.165, 1.54) is 19.3 Å². The summed E-state index contributed by atoms with van der Waals surface area (Å²) in [5, 5.41) is 0. The lowest BCUT2D eigenvalue weighted by molar-refractivity contribution is -0.144. The summed E-state index contributed by atoms with van der Waals surface area (Å²) >= 11 is 3.71. The first kappa shape index (κ1) is 13.4. The Kier molecular flexibility index (Phi) is 4.17. The Balaban J connectivity index is 1.99. The summed E-state index contributed by atoms with van der Waals surface area (Å²) in [6, 6.07) is 0. The van der Waals surface area contributed by atoms with Crippen LogP contribution in [0.1, 0.15) is 52.4 Å². The third-order valence-electron chi connectivity index (χ3n) is 4.63. The highest BCUT2D eigenvalue weighted by atomic mass is 79.9. The minimum absolute atomic E-state index is 0.0639. The molecule has 0 N–H and O–H groups in total. The number of alkyl halides is 1. The number of carbonyl (C=O) groups excluding carboxylic acids is 1. The third kappa shape index (κ3) is 2.86. The fourth-order valence-electron chi connectivity index (χ4n) is 3.13. The van der Waals surface area contributed by atoms with Gasteiger partial charge >= 0.3 is 0 Å². The van der Waals surface area contributed by atoms with Crippen LogP contribution >= 0.6 is 15.9 Å². The molecule has 1 saturated carbocycles. The van der Waals surface area contributed by atoms with Crippen molar-refractivity contribution in [3.63, 3.8) is 0 Å². The van der Waals surface area contributed by atoms with Crippen LogP contribution in [0.3, 0.4) is 0 Å². The number of nitrogens with zero attached hydrogens (tertiary/aromatic N) is 1. The van der Waals surface area contributed by atoms with Gasteiger partial charge in [-0.1, -0.05) is 49.0 Å². The molecule has 2 fully saturated rings. The zero-order chi connectivity index (χ0) is 12.5. The molecule has 0 bridgehead atoms. The van der Waals surface area contributed by atoms with Crippen molar-refractivity contribution < 1.29 is 4.79 Å². The monoisotopic (exact) mass is 301 g/mol. The van der Waals surface area contributed by atoms with Gasteiger partial charge in [0.05, 0.1) is 0 Å². The number of amides is 1. The largest absolute Gasteiger partial charge is 0.341 e. The topological polar surface area (TPSA) is 20.3 Å². The van der Waals surface area contributed by atoms with Gasteiger partial charge in [-0.05, 0) is 25.2 Å². The quantitative estimate of drug-likeness (QED) is 0.678. The predicted molar refractivity (Wildman–Crippen MR) is 74.3 cm³/mol. The molecule has 1 amide bonds. The molecule has 0 aromatic carbocycles. The smallest absolute Gasteiger partial charge is 0.228 e. The van der Waals surface area contributed by atoms with Crippen molar-refractivity contribution in [2.75, 3.05) is 13.1 Å². The molecule has 2 unspecified atom stereocenters. The SMILES string of the molecule is CC1CCN(C(=O)C2(C)CCCCC2)CC1Br. The fraction of sp³-hybridized carbons (Fsp3) is 0.929. The minimum atomic E-state index is -0.0639. The Morgan fingerprint density at radius 2 is 1.94 bits per heavy atom. The maximum atomic E-state index is 12.6. The van der Waals surface area contributed by atoms with Gasteiger partial charge in [-0.15, -0.1) is 0 Å². The lowest BCUT2D eigenvalue weighted by Crippen LogP contribution is -2.49. The third-order valence-corrected chi connectivity index (χ3v) is 5.82. The normalized spacial score (nSPS) is 33.5. The van der Waals surface area contributed by atoms with Crippen molar-refractivity contribution in [1.82, 2.24) is 4.90 Å². The molecule has 1 aliphatic heterocycles. The van der Waals surface area contributed by atoms with E-state index in [-0.39, 0.29) is 5.41 Å². The Morgan fingerprint density at radius 1 is 1.29 bits per heavy atom. The fourth-order valence-corrected chi connectivity index (χ4v) is 3.75. The van der Waals surface area contributed by atoms with E-state index >= 15 is 0 Å². The van der Waals surface area contributed by atoms with Crippen LogP contribution in [0, 0.1) is 11.3 Å². The molecule has 1 saturated heterocycles. The van der Waals surface area contributed by atoms with Crippen molar-refractivity contribution in [2.45, 2.75) is 57.2 Å². The molecule has 0 radical (unpaired) electrons. The summed E-state index contributed by atoms with van der Waals surface area (Å²) in [5.74, 6) is 1.10. The number of rotatable bonds is 1. The number of halogens is 1. The first-order valence-corrected chi connectivity index (χ1v) is 7.88. The second kappa shape index (κ2) is 5.29. The highest BCUT2D eigenvalue weighted by molar-refractivity contribution is 9.09. The van der Waals surface area contributed by atoms with E-state index in [1.54, 1.807) is 0 Å². The van der Waals surface area contributed by atoms with Crippen molar-refractivity contribution >= 4 is 21.8 Å². The van der Waals surface area contributed by atoms with Gasteiger partial charge in [-0.3, -0.25) is 4.79 Å². The molecule has 1 aliphatic carbocycles. The van der Waals surface area contributed by atoms with Gasteiger partial charge in [0.1, 0.15) is 0 Å². The summed E-state index contributed by atoms with van der Waals surface area (Å²) in [6.07, 6.45) is 7.07. The Hall–Kier alpha value is -0.0500. The van der Waals surface area contributed by atoms with E-state index in [0.717, 1.165) is 32.4 Å². The van der Waals surface area contributed by atoms with E-state index < -0.39 is 0 Å². The van der Waals surface area contributed by atoms with E-state index in [2.05, 4.69) is 34.7 Å². The lowest BCUT2D eigenvalue weighted by atomic mass is 9.74. The Bertz CT molecular complexity index is 286. The maximum Gasteiger partial charge on any atom is 0.228 e. The molecule has 2 nitrogen and oxygen atoms in total. The van der Waals surface area contributed by atoms with E-state index in [1.807, 2.05) is 0 Å². The second-order valence-corrected chi connectivity index (χ2v) is 7.33. The van der Waals surface area contributed by atoms with Crippen molar-refractivity contribution in [3.05, 3.63) is 0 Å². The Morgan fingerprint density at radius 3 is 2.53 bits per heavy atom. The van der Waals surface area contributed by atoms with Crippen molar-refractivity contribution in [1.29, 1.82) is 0 Å². The van der Waals surface area contributed by atoms with Crippen molar-refractivity contribution in [2.24, 2.45) is 11.3 Å². The molecule has 2 atom stereocenters. The number of hydrogen-bond donors (Lipinski definition) is 0. The van der Waals surface area contributed by atoms with Gasteiger partial charge in [0, 0.05) is 23.3 Å². The number of piperidine rings is 1. The summed E-state index contributed by atoms with van der Waals surface area (Å²) < 4.78 is 0. The highest BCUT2D eigenvalue weighted by Gasteiger charge is 2.39. The molecule has 3 heteroatoms. The molecule has 98 valence electrons. The number of carbonyl (C=O) groups is 1. The summed E-state index contributed by atoms with van der Waals surface area (Å²) in [6.45, 7) is 6.30. The van der Waals surface area contributed by atoms with E-state index in [4.69, 9.17) is 0 Å². The minimum Gasteiger partial charge on any atom is -0.341 e. The van der Waals surface area contributed by atoms with Crippen LogP contribution in [-0.4, -0.2) is 28.7 Å². The van der Waals surface area contributed by atoms with E-state index in [9.17, 15) is 4.79 Å². The van der Waals surface area contributed by atoms with Gasteiger partial charge in [0.2, 0.25) is 5.91 Å². The van der Waals surface area contributed by atoms with Crippen LogP contribution in [0.25, 0.3) is 0 Å². The molecule has 2 rings (SSSR count). The molecule has 1 heterocycles. The number of likely N-dealkylation sites (tertiary alicyclic amines) is 1. The molecule has 0 aromatic heterocycles. The van der Waals surface area contributed by atoms with Crippen LogP contribution in [0.5, 0.6) is 0 Å². The summed E-state index contributed by atoms with van der Waals surface area (Å²) in [4.78, 5) is 15.2. The van der Waals surface area contributed by atoms with Crippen molar-refractivity contribution in [3.8, 4) is 0 Å². The molecule has 0 spiro atoms. The summed E-state index contributed by atoms with van der Waals surface area (Å²) in [7, 11) is 0. The zero-order valence-electron chi connectivity index (χ0n) is 11.0. The van der Waals surface area contributed by atoms with Gasteiger partial charge in [-0.25, -0.2) is 0 Å². The second-order valence-electron chi connectivity index (χ2n) is 6.15. The molecule has 17 heavy (non-hydrogen) atoms. The summed E-state index contributed by atoms with van der Waals surface area (Å²) in [5.41, 5.74) is -0.0639. The van der Waals surface area contributed by atoms with E-state index in [0.29, 0.717) is 16.7 Å². The van der Waals surface area contributed by atoms with Crippen LogP contribution in [-0.2, 0) is 4.79 Å². The highest BCUT2D eigenvalue weighted by Crippen LogP contribution is 2.38. The lowest BCUT2D eigenvalue weighted by Gasteiger charge is -2.41. The predicted octanol–water partition coefficient (Wildman–Crippen LogP) is 3.59. The van der Waals surface area contributed by atoms with Gasteiger partial charge in [0.25, 0.3) is 0 Å². The molecular formula is C14H24BrNO. The standard InChI is InChI=1S/C14H24BrNO/c1-11-6-9-16(10-12(11)15)13(17)14(2)7-4-3-5-8-14/h11-12H,3-10H2,1-2H3. The van der Waals surface area contributed by atoms with Gasteiger partial charge < -0.3 is 4.90 Å². The maximum absolute atomic E-state index is 12.6. The average Bonchev–Trinajstić information content (AvgIpc) is 2.33. The molecule has 2 aliphatic rings. The number of hydrogen-bond acceptors (Lipinski definition) is 1. The average molecular weight is 302 g/mol. The molecular weight excluding hydrogens is 278 g/mol. The van der Waals surface area contributed by atoms with Gasteiger partial charge in [0.15, 0.2) is 0 Å². The van der Waals surface area contributed by atoms with Crippen LogP contribution < -0.4 is 0 Å². The van der Waals surface area contributed by atoms with Gasteiger partial charge in [-0.2, -0.15) is 0 Å².